The average Bonchev–Trinajstić information content (AvgIpc) is 2.68. The molecule has 0 saturated carbocycles. The van der Waals surface area contributed by atoms with Gasteiger partial charge in [-0.3, -0.25) is 14.4 Å². The Morgan fingerprint density at radius 2 is 1.97 bits per heavy atom. The van der Waals surface area contributed by atoms with Crippen LogP contribution in [0.25, 0.3) is 0 Å². The second-order valence-corrected chi connectivity index (χ2v) is 8.50. The SMILES string of the molecule is CC(C)NC(=O)N1CCN(C(=O)CSCC(=O)[O-])[C@@H](C(=O)N[C@H]2CCCNC2=O)C1. The lowest BCUT2D eigenvalue weighted by atomic mass is 10.1. The molecule has 12 heteroatoms. The summed E-state index contributed by atoms with van der Waals surface area (Å²) in [5.74, 6) is -2.93. The molecule has 0 aliphatic carbocycles. The molecule has 2 aliphatic heterocycles. The minimum atomic E-state index is -1.28. The van der Waals surface area contributed by atoms with Crippen molar-refractivity contribution in [2.45, 2.75) is 44.8 Å². The van der Waals surface area contributed by atoms with Crippen LogP contribution in [0.2, 0.25) is 0 Å². The van der Waals surface area contributed by atoms with Crippen molar-refractivity contribution in [2.75, 3.05) is 37.7 Å². The summed E-state index contributed by atoms with van der Waals surface area (Å²) in [5, 5.41) is 18.7. The molecule has 11 nitrogen and oxygen atoms in total. The number of aliphatic carboxylic acids is 1. The second kappa shape index (κ2) is 11.0. The number of hydrogen-bond donors (Lipinski definition) is 3. The molecular weight excluding hydrogens is 414 g/mol. The Kier molecular flexibility index (Phi) is 8.75. The molecule has 0 spiro atoms. The Bertz CT molecular complexity index is 688. The van der Waals surface area contributed by atoms with Gasteiger partial charge in [-0.2, -0.15) is 0 Å². The Morgan fingerprint density at radius 3 is 2.60 bits per heavy atom. The predicted molar refractivity (Wildman–Crippen MR) is 107 cm³/mol. The van der Waals surface area contributed by atoms with Crippen LogP contribution < -0.4 is 21.1 Å². The molecule has 168 valence electrons. The van der Waals surface area contributed by atoms with Crippen LogP contribution in [0.4, 0.5) is 4.79 Å². The number of carboxylic acids is 1. The topological polar surface area (TPSA) is 151 Å². The summed E-state index contributed by atoms with van der Waals surface area (Å²) in [6, 6.07) is -2.08. The van der Waals surface area contributed by atoms with E-state index in [2.05, 4.69) is 16.0 Å². The third-order valence-electron chi connectivity index (χ3n) is 4.75. The van der Waals surface area contributed by atoms with Gasteiger partial charge in [0.2, 0.25) is 17.7 Å². The fraction of sp³-hybridized carbons (Fsp3) is 0.722. The van der Waals surface area contributed by atoms with E-state index in [9.17, 15) is 29.1 Å². The number of carbonyl (C=O) groups is 5. The van der Waals surface area contributed by atoms with Gasteiger partial charge in [0.05, 0.1) is 18.3 Å². The van der Waals surface area contributed by atoms with Crippen molar-refractivity contribution < 1.29 is 29.1 Å². The summed E-state index contributed by atoms with van der Waals surface area (Å²) in [4.78, 5) is 63.3. The third-order valence-corrected chi connectivity index (χ3v) is 5.64. The Labute approximate surface area is 179 Å². The zero-order chi connectivity index (χ0) is 22.3. The fourth-order valence-corrected chi connectivity index (χ4v) is 3.92. The molecule has 2 rings (SSSR count). The molecule has 5 amide bonds. The first-order chi connectivity index (χ1) is 14.2. The number of amides is 5. The van der Waals surface area contributed by atoms with Crippen LogP contribution in [0.1, 0.15) is 26.7 Å². The van der Waals surface area contributed by atoms with Crippen LogP contribution in [0.3, 0.4) is 0 Å². The molecule has 0 radical (unpaired) electrons. The van der Waals surface area contributed by atoms with Gasteiger partial charge in [-0.1, -0.05) is 0 Å². The van der Waals surface area contributed by atoms with Crippen molar-refractivity contribution in [3.05, 3.63) is 0 Å². The summed E-state index contributed by atoms with van der Waals surface area (Å²) in [6.45, 7) is 4.54. The van der Waals surface area contributed by atoms with E-state index in [1.54, 1.807) is 0 Å². The first-order valence-electron chi connectivity index (χ1n) is 9.89. The molecule has 30 heavy (non-hydrogen) atoms. The highest BCUT2D eigenvalue weighted by Gasteiger charge is 2.38. The van der Waals surface area contributed by atoms with Gasteiger partial charge in [0.1, 0.15) is 12.1 Å². The molecule has 2 aliphatic rings. The van der Waals surface area contributed by atoms with E-state index in [4.69, 9.17) is 0 Å². The minimum absolute atomic E-state index is 0.0182. The van der Waals surface area contributed by atoms with E-state index in [1.807, 2.05) is 13.8 Å². The van der Waals surface area contributed by atoms with E-state index in [0.29, 0.717) is 13.0 Å². The number of rotatable bonds is 7. The molecule has 2 heterocycles. The number of urea groups is 1. The molecule has 2 fully saturated rings. The molecule has 3 N–H and O–H groups in total. The first-order valence-corrected chi connectivity index (χ1v) is 11.0. The Morgan fingerprint density at radius 1 is 1.23 bits per heavy atom. The normalized spacial score (nSPS) is 21.8. The van der Waals surface area contributed by atoms with Gasteiger partial charge in [0, 0.05) is 31.4 Å². The number of carboxylic acid groups (broad SMARTS) is 1. The number of piperazine rings is 1. The summed E-state index contributed by atoms with van der Waals surface area (Å²) < 4.78 is 0. The van der Waals surface area contributed by atoms with Gasteiger partial charge in [0.25, 0.3) is 0 Å². The van der Waals surface area contributed by atoms with Gasteiger partial charge < -0.3 is 35.7 Å². The smallest absolute Gasteiger partial charge is 0.317 e. The molecule has 0 bridgehead atoms. The van der Waals surface area contributed by atoms with E-state index in [-0.39, 0.29) is 49.1 Å². The van der Waals surface area contributed by atoms with Crippen molar-refractivity contribution in [3.63, 3.8) is 0 Å². The lowest BCUT2D eigenvalue weighted by molar-refractivity contribution is -0.301. The molecule has 0 unspecified atom stereocenters. The highest BCUT2D eigenvalue weighted by Crippen LogP contribution is 2.15. The van der Waals surface area contributed by atoms with Crippen LogP contribution in [-0.2, 0) is 19.2 Å². The quantitative estimate of drug-likeness (QED) is 0.394. The number of nitrogens with zero attached hydrogens (tertiary/aromatic N) is 2. The summed E-state index contributed by atoms with van der Waals surface area (Å²) >= 11 is 0.886. The zero-order valence-electron chi connectivity index (χ0n) is 17.1. The lowest BCUT2D eigenvalue weighted by Gasteiger charge is -2.41. The van der Waals surface area contributed by atoms with Crippen LogP contribution >= 0.6 is 11.8 Å². The Hall–Kier alpha value is -2.50. The van der Waals surface area contributed by atoms with Crippen LogP contribution in [-0.4, -0.2) is 95.3 Å². The third kappa shape index (κ3) is 6.78. The van der Waals surface area contributed by atoms with Crippen LogP contribution in [0.15, 0.2) is 0 Å². The van der Waals surface area contributed by atoms with Gasteiger partial charge in [0.15, 0.2) is 0 Å². The van der Waals surface area contributed by atoms with Crippen molar-refractivity contribution in [2.24, 2.45) is 0 Å². The lowest BCUT2D eigenvalue weighted by Crippen LogP contribution is -2.65. The van der Waals surface area contributed by atoms with Crippen LogP contribution in [0, 0.1) is 0 Å². The standard InChI is InChI=1S/C18H29N5O6S/c1-11(2)20-18(29)22-6-7-23(14(24)9-30-10-15(25)26)13(8-22)17(28)21-12-4-3-5-19-16(12)27/h11-13H,3-10H2,1-2H3,(H,19,27)(H,20,29)(H,21,28)(H,25,26)/p-1/t12-,13+/m0/s1. The molecule has 2 saturated heterocycles. The first kappa shape index (κ1) is 23.8. The van der Waals surface area contributed by atoms with Gasteiger partial charge in [-0.05, 0) is 26.7 Å². The maximum Gasteiger partial charge on any atom is 0.317 e. The predicted octanol–water partition coefficient (Wildman–Crippen LogP) is -2.50. The fourth-order valence-electron chi connectivity index (χ4n) is 3.31. The van der Waals surface area contributed by atoms with Crippen molar-refractivity contribution in [1.29, 1.82) is 0 Å². The highest BCUT2D eigenvalue weighted by atomic mass is 32.2. The van der Waals surface area contributed by atoms with Crippen LogP contribution in [0.5, 0.6) is 0 Å². The average molecular weight is 443 g/mol. The van der Waals surface area contributed by atoms with E-state index in [1.165, 1.54) is 9.80 Å². The minimum Gasteiger partial charge on any atom is -0.549 e. The van der Waals surface area contributed by atoms with Gasteiger partial charge in [-0.25, -0.2) is 4.79 Å². The molecule has 2 atom stereocenters. The summed E-state index contributed by atoms with van der Waals surface area (Å²) in [7, 11) is 0. The zero-order valence-corrected chi connectivity index (χ0v) is 18.0. The summed E-state index contributed by atoms with van der Waals surface area (Å²) in [5.41, 5.74) is 0. The van der Waals surface area contributed by atoms with Crippen molar-refractivity contribution in [3.8, 4) is 0 Å². The maximum absolute atomic E-state index is 12.9. The van der Waals surface area contributed by atoms with E-state index in [0.717, 1.165) is 18.2 Å². The number of carbonyl (C=O) groups excluding carboxylic acids is 5. The second-order valence-electron chi connectivity index (χ2n) is 7.51. The van der Waals surface area contributed by atoms with Crippen molar-refractivity contribution >= 4 is 41.5 Å². The number of hydrogen-bond acceptors (Lipinski definition) is 7. The Balaban J connectivity index is 2.09. The monoisotopic (exact) mass is 442 g/mol. The van der Waals surface area contributed by atoms with E-state index >= 15 is 0 Å². The van der Waals surface area contributed by atoms with E-state index < -0.39 is 29.9 Å². The maximum atomic E-state index is 12.9. The molecule has 0 aromatic carbocycles. The van der Waals surface area contributed by atoms with Gasteiger partial charge >= 0.3 is 6.03 Å². The summed E-state index contributed by atoms with van der Waals surface area (Å²) in [6.07, 6.45) is 1.23. The number of nitrogens with one attached hydrogen (secondary N) is 3. The molecular formula is C18H28N5O6S-. The molecule has 0 aromatic heterocycles. The number of piperidine rings is 1. The largest absolute Gasteiger partial charge is 0.549 e. The highest BCUT2D eigenvalue weighted by molar-refractivity contribution is 8.00. The molecule has 0 aromatic rings. The van der Waals surface area contributed by atoms with Crippen molar-refractivity contribution in [1.82, 2.24) is 25.8 Å². The number of thioether (sulfide) groups is 1. The van der Waals surface area contributed by atoms with Gasteiger partial charge in [-0.15, -0.1) is 11.8 Å².